The van der Waals surface area contributed by atoms with E-state index in [9.17, 15) is 8.42 Å². The molecule has 0 saturated carbocycles. The van der Waals surface area contributed by atoms with E-state index >= 15 is 0 Å². The Bertz CT molecular complexity index is 510. The highest BCUT2D eigenvalue weighted by atomic mass is 32.2. The van der Waals surface area contributed by atoms with Crippen LogP contribution in [0.2, 0.25) is 0 Å². The Morgan fingerprint density at radius 2 is 1.94 bits per heavy atom. The lowest BCUT2D eigenvalue weighted by molar-refractivity contribution is 0.277. The number of hydrogen-bond acceptors (Lipinski definition) is 5. The molecule has 0 unspecified atom stereocenters. The monoisotopic (exact) mass is 271 g/mol. The molecule has 100 valence electrons. The number of nitrogens with zero attached hydrogens (tertiary/aromatic N) is 3. The Morgan fingerprint density at radius 1 is 1.28 bits per heavy atom. The van der Waals surface area contributed by atoms with Gasteiger partial charge in [-0.05, 0) is 12.1 Å². The van der Waals surface area contributed by atoms with Gasteiger partial charge >= 0.3 is 0 Å². The molecule has 0 aliphatic carbocycles. The maximum atomic E-state index is 11.4. The number of piperazine rings is 1. The molecule has 2 heterocycles. The zero-order valence-corrected chi connectivity index (χ0v) is 11.1. The molecule has 0 radical (unpaired) electrons. The second kappa shape index (κ2) is 5.21. The van der Waals surface area contributed by atoms with E-state index in [1.54, 1.807) is 6.07 Å². The second-order valence-electron chi connectivity index (χ2n) is 4.29. The van der Waals surface area contributed by atoms with Crippen molar-refractivity contribution in [2.45, 2.75) is 6.61 Å². The van der Waals surface area contributed by atoms with Gasteiger partial charge in [0.15, 0.2) is 0 Å². The number of anilines is 1. The smallest absolute Gasteiger partial charge is 0.211 e. The first-order valence-electron chi connectivity index (χ1n) is 5.77. The number of pyridine rings is 1. The molecule has 1 N–H and O–H groups in total. The molecule has 6 nitrogen and oxygen atoms in total. The Labute approximate surface area is 107 Å². The third kappa shape index (κ3) is 2.98. The molecule has 1 fully saturated rings. The van der Waals surface area contributed by atoms with Crippen LogP contribution in [0.4, 0.5) is 5.82 Å². The summed E-state index contributed by atoms with van der Waals surface area (Å²) in [7, 11) is -3.10. The molecule has 7 heteroatoms. The number of rotatable bonds is 3. The van der Waals surface area contributed by atoms with Crippen molar-refractivity contribution in [3.8, 4) is 0 Å². The first-order valence-corrected chi connectivity index (χ1v) is 7.62. The van der Waals surface area contributed by atoms with Gasteiger partial charge in [-0.25, -0.2) is 13.4 Å². The minimum Gasteiger partial charge on any atom is -0.390 e. The van der Waals surface area contributed by atoms with Crippen LogP contribution in [0, 0.1) is 0 Å². The van der Waals surface area contributed by atoms with Crippen LogP contribution in [0.1, 0.15) is 5.69 Å². The lowest BCUT2D eigenvalue weighted by Crippen LogP contribution is -2.48. The first-order chi connectivity index (χ1) is 8.50. The van der Waals surface area contributed by atoms with Crippen molar-refractivity contribution in [2.24, 2.45) is 0 Å². The Hall–Kier alpha value is -1.18. The molecule has 1 aromatic heterocycles. The molecular weight excluding hydrogens is 254 g/mol. The van der Waals surface area contributed by atoms with Crippen molar-refractivity contribution in [3.05, 3.63) is 23.9 Å². The van der Waals surface area contributed by atoms with E-state index in [4.69, 9.17) is 5.11 Å². The Morgan fingerprint density at radius 3 is 2.50 bits per heavy atom. The van der Waals surface area contributed by atoms with Gasteiger partial charge in [0.2, 0.25) is 10.0 Å². The summed E-state index contributed by atoms with van der Waals surface area (Å²) in [6, 6.07) is 5.47. The summed E-state index contributed by atoms with van der Waals surface area (Å²) in [4.78, 5) is 6.34. The SMILES string of the molecule is CS(=O)(=O)N1CCN(c2cccc(CO)n2)CC1. The van der Waals surface area contributed by atoms with E-state index in [0.717, 1.165) is 5.82 Å². The van der Waals surface area contributed by atoms with E-state index < -0.39 is 10.0 Å². The summed E-state index contributed by atoms with van der Waals surface area (Å²) in [5.74, 6) is 0.787. The van der Waals surface area contributed by atoms with E-state index in [1.807, 2.05) is 17.0 Å². The normalized spacial score (nSPS) is 18.0. The van der Waals surface area contributed by atoms with Crippen molar-refractivity contribution in [3.63, 3.8) is 0 Å². The summed E-state index contributed by atoms with van der Waals surface area (Å²) < 4.78 is 24.2. The fourth-order valence-electron chi connectivity index (χ4n) is 1.98. The van der Waals surface area contributed by atoms with E-state index in [2.05, 4.69) is 4.98 Å². The van der Waals surface area contributed by atoms with Crippen molar-refractivity contribution in [1.29, 1.82) is 0 Å². The third-order valence-electron chi connectivity index (χ3n) is 2.99. The maximum Gasteiger partial charge on any atom is 0.211 e. The minimum atomic E-state index is -3.10. The molecule has 1 saturated heterocycles. The molecule has 0 amide bonds. The van der Waals surface area contributed by atoms with Gasteiger partial charge in [0.25, 0.3) is 0 Å². The van der Waals surface area contributed by atoms with Crippen LogP contribution in [0.15, 0.2) is 18.2 Å². The van der Waals surface area contributed by atoms with Crippen molar-refractivity contribution in [1.82, 2.24) is 9.29 Å². The third-order valence-corrected chi connectivity index (χ3v) is 4.29. The van der Waals surface area contributed by atoms with Crippen LogP contribution in [0.3, 0.4) is 0 Å². The van der Waals surface area contributed by atoms with Crippen molar-refractivity contribution < 1.29 is 13.5 Å². The standard InChI is InChI=1S/C11H17N3O3S/c1-18(16,17)14-7-5-13(6-8-14)11-4-2-3-10(9-15)12-11/h2-4,15H,5-9H2,1H3. The summed E-state index contributed by atoms with van der Waals surface area (Å²) in [6.45, 7) is 2.11. The predicted octanol–water partition coefficient (Wildman–Crippen LogP) is -0.345. The number of hydrogen-bond donors (Lipinski definition) is 1. The second-order valence-corrected chi connectivity index (χ2v) is 6.28. The predicted molar refractivity (Wildman–Crippen MR) is 68.8 cm³/mol. The van der Waals surface area contributed by atoms with Gasteiger partial charge < -0.3 is 10.0 Å². The highest BCUT2D eigenvalue weighted by molar-refractivity contribution is 7.88. The van der Waals surface area contributed by atoms with Gasteiger partial charge in [0.05, 0.1) is 18.6 Å². The Kier molecular flexibility index (Phi) is 3.84. The van der Waals surface area contributed by atoms with Crippen LogP contribution in [0.5, 0.6) is 0 Å². The van der Waals surface area contributed by atoms with Crippen LogP contribution < -0.4 is 4.90 Å². The van der Waals surface area contributed by atoms with Crippen LogP contribution in [0.25, 0.3) is 0 Å². The molecule has 18 heavy (non-hydrogen) atoms. The van der Waals surface area contributed by atoms with Gasteiger partial charge in [-0.3, -0.25) is 0 Å². The topological polar surface area (TPSA) is 73.7 Å². The van der Waals surface area contributed by atoms with Gasteiger partial charge in [-0.15, -0.1) is 0 Å². The molecule has 0 spiro atoms. The fourth-order valence-corrected chi connectivity index (χ4v) is 2.81. The number of aromatic nitrogens is 1. The molecule has 1 aliphatic rings. The number of aliphatic hydroxyl groups is 1. The van der Waals surface area contributed by atoms with Crippen LogP contribution in [-0.2, 0) is 16.6 Å². The van der Waals surface area contributed by atoms with E-state index in [1.165, 1.54) is 10.6 Å². The average Bonchev–Trinajstić information content (AvgIpc) is 2.38. The van der Waals surface area contributed by atoms with Gasteiger partial charge in [0.1, 0.15) is 5.82 Å². The van der Waals surface area contributed by atoms with E-state index in [-0.39, 0.29) is 6.61 Å². The van der Waals surface area contributed by atoms with Crippen LogP contribution >= 0.6 is 0 Å². The summed E-state index contributed by atoms with van der Waals surface area (Å²) in [6.07, 6.45) is 1.23. The highest BCUT2D eigenvalue weighted by Crippen LogP contribution is 2.15. The lowest BCUT2D eigenvalue weighted by atomic mass is 10.3. The van der Waals surface area contributed by atoms with Gasteiger partial charge in [0, 0.05) is 26.2 Å². The molecule has 2 rings (SSSR count). The van der Waals surface area contributed by atoms with Crippen LogP contribution in [-0.4, -0.2) is 55.2 Å². The fraction of sp³-hybridized carbons (Fsp3) is 0.545. The van der Waals surface area contributed by atoms with E-state index in [0.29, 0.717) is 31.9 Å². The van der Waals surface area contributed by atoms with Gasteiger partial charge in [-0.2, -0.15) is 4.31 Å². The molecule has 0 bridgehead atoms. The molecule has 1 aromatic rings. The van der Waals surface area contributed by atoms with Crippen molar-refractivity contribution in [2.75, 3.05) is 37.3 Å². The summed E-state index contributed by atoms with van der Waals surface area (Å²) in [5.41, 5.74) is 0.623. The van der Waals surface area contributed by atoms with Gasteiger partial charge in [-0.1, -0.05) is 6.07 Å². The molecule has 0 atom stereocenters. The highest BCUT2D eigenvalue weighted by Gasteiger charge is 2.23. The average molecular weight is 271 g/mol. The number of aliphatic hydroxyl groups excluding tert-OH is 1. The number of sulfonamides is 1. The zero-order chi connectivity index (χ0) is 13.2. The minimum absolute atomic E-state index is 0.0862. The maximum absolute atomic E-state index is 11.4. The van der Waals surface area contributed by atoms with Crippen molar-refractivity contribution >= 4 is 15.8 Å². The Balaban J connectivity index is 2.05. The quantitative estimate of drug-likeness (QED) is 0.814. The summed E-state index contributed by atoms with van der Waals surface area (Å²) in [5, 5.41) is 9.04. The molecular formula is C11H17N3O3S. The first kappa shape index (κ1) is 13.3. The largest absolute Gasteiger partial charge is 0.390 e. The molecule has 1 aliphatic heterocycles. The lowest BCUT2D eigenvalue weighted by Gasteiger charge is -2.34. The molecule has 0 aromatic carbocycles. The summed E-state index contributed by atoms with van der Waals surface area (Å²) >= 11 is 0. The zero-order valence-electron chi connectivity index (χ0n) is 10.3.